The minimum atomic E-state index is -0.105. The Morgan fingerprint density at radius 1 is 0.885 bits per heavy atom. The summed E-state index contributed by atoms with van der Waals surface area (Å²) in [5.41, 5.74) is 3.84. The van der Waals surface area contributed by atoms with E-state index in [1.165, 1.54) is 0 Å². The zero-order valence-corrected chi connectivity index (χ0v) is 14.7. The number of anilines is 2. The third kappa shape index (κ3) is 5.11. The maximum absolute atomic E-state index is 12.1. The Balaban J connectivity index is 1.56. The Labute approximate surface area is 153 Å². The van der Waals surface area contributed by atoms with E-state index in [-0.39, 0.29) is 12.5 Å². The van der Waals surface area contributed by atoms with Gasteiger partial charge in [0, 0.05) is 5.69 Å². The number of aryl methyl sites for hydroxylation is 1. The van der Waals surface area contributed by atoms with Crippen molar-refractivity contribution in [3.63, 3.8) is 0 Å². The van der Waals surface area contributed by atoms with Gasteiger partial charge >= 0.3 is 0 Å². The van der Waals surface area contributed by atoms with E-state index in [2.05, 4.69) is 10.6 Å². The Morgan fingerprint density at radius 3 is 2.35 bits per heavy atom. The van der Waals surface area contributed by atoms with Crippen LogP contribution in [0.4, 0.5) is 11.4 Å². The van der Waals surface area contributed by atoms with Crippen LogP contribution in [-0.4, -0.2) is 12.5 Å². The predicted molar refractivity (Wildman–Crippen MR) is 106 cm³/mol. The fraction of sp³-hybridized carbons (Fsp3) is 0.136. The first kappa shape index (κ1) is 17.5. The summed E-state index contributed by atoms with van der Waals surface area (Å²) in [6, 6.07) is 25.3. The highest BCUT2D eigenvalue weighted by atomic mass is 16.5. The second-order valence-electron chi connectivity index (χ2n) is 6.04. The number of hydrogen-bond acceptors (Lipinski definition) is 3. The molecule has 4 heteroatoms. The molecule has 0 atom stereocenters. The average molecular weight is 346 g/mol. The van der Waals surface area contributed by atoms with Crippen molar-refractivity contribution in [2.75, 3.05) is 17.2 Å². The number of benzene rings is 3. The lowest BCUT2D eigenvalue weighted by atomic mass is 10.2. The average Bonchev–Trinajstić information content (AvgIpc) is 2.68. The Hall–Kier alpha value is -3.27. The van der Waals surface area contributed by atoms with Gasteiger partial charge < -0.3 is 15.4 Å². The summed E-state index contributed by atoms with van der Waals surface area (Å²) in [6.07, 6.45) is 0. The van der Waals surface area contributed by atoms with Gasteiger partial charge in [-0.2, -0.15) is 0 Å². The molecule has 4 nitrogen and oxygen atoms in total. The molecule has 0 aromatic heterocycles. The van der Waals surface area contributed by atoms with Crippen molar-refractivity contribution in [2.45, 2.75) is 13.5 Å². The number of amides is 1. The minimum absolute atomic E-state index is 0.105. The van der Waals surface area contributed by atoms with Gasteiger partial charge in [0.05, 0.1) is 12.2 Å². The Morgan fingerprint density at radius 2 is 1.58 bits per heavy atom. The van der Waals surface area contributed by atoms with Crippen molar-refractivity contribution in [3.05, 3.63) is 90.0 Å². The second kappa shape index (κ2) is 8.72. The normalized spacial score (nSPS) is 10.2. The van der Waals surface area contributed by atoms with Crippen molar-refractivity contribution in [3.8, 4) is 5.75 Å². The van der Waals surface area contributed by atoms with E-state index in [0.717, 1.165) is 28.3 Å². The molecular formula is C22H22N2O2. The van der Waals surface area contributed by atoms with Crippen LogP contribution in [0, 0.1) is 6.92 Å². The van der Waals surface area contributed by atoms with Gasteiger partial charge in [-0.1, -0.05) is 60.2 Å². The second-order valence-corrected chi connectivity index (χ2v) is 6.04. The lowest BCUT2D eigenvalue weighted by Gasteiger charge is -2.13. The van der Waals surface area contributed by atoms with Gasteiger partial charge in [-0.25, -0.2) is 0 Å². The molecule has 0 heterocycles. The van der Waals surface area contributed by atoms with Gasteiger partial charge in [-0.3, -0.25) is 4.79 Å². The number of carbonyl (C=O) groups excluding carboxylic acids is 1. The van der Waals surface area contributed by atoms with Crippen LogP contribution < -0.4 is 15.4 Å². The molecule has 0 radical (unpaired) electrons. The summed E-state index contributed by atoms with van der Waals surface area (Å²) in [5, 5.41) is 6.02. The largest absolute Gasteiger partial charge is 0.487 e. The first-order chi connectivity index (χ1) is 12.7. The summed E-state index contributed by atoms with van der Waals surface area (Å²) in [4.78, 5) is 12.1. The number of carbonyl (C=O) groups is 1. The lowest BCUT2D eigenvalue weighted by molar-refractivity contribution is -0.114. The molecule has 0 spiro atoms. The molecule has 3 aromatic carbocycles. The predicted octanol–water partition coefficient (Wildman–Crippen LogP) is 4.62. The topological polar surface area (TPSA) is 50.4 Å². The quantitative estimate of drug-likeness (QED) is 0.656. The number of ether oxygens (including phenoxy) is 1. The maximum Gasteiger partial charge on any atom is 0.243 e. The molecule has 3 rings (SSSR count). The van der Waals surface area contributed by atoms with Crippen LogP contribution in [0.3, 0.4) is 0 Å². The molecule has 0 bridgehead atoms. The summed E-state index contributed by atoms with van der Waals surface area (Å²) in [6.45, 7) is 2.66. The molecule has 132 valence electrons. The van der Waals surface area contributed by atoms with Gasteiger partial charge in [0.2, 0.25) is 5.91 Å². The number of rotatable bonds is 7. The molecule has 0 aliphatic heterocycles. The summed E-state index contributed by atoms with van der Waals surface area (Å²) in [7, 11) is 0. The van der Waals surface area contributed by atoms with Gasteiger partial charge in [0.25, 0.3) is 0 Å². The molecular weight excluding hydrogens is 324 g/mol. The highest BCUT2D eigenvalue weighted by molar-refractivity contribution is 5.93. The Bertz CT molecular complexity index is 846. The van der Waals surface area contributed by atoms with E-state index in [1.54, 1.807) is 0 Å². The van der Waals surface area contributed by atoms with Gasteiger partial charge in [-0.05, 0) is 36.8 Å². The van der Waals surface area contributed by atoms with E-state index in [9.17, 15) is 4.79 Å². The maximum atomic E-state index is 12.1. The lowest BCUT2D eigenvalue weighted by Crippen LogP contribution is -2.22. The van der Waals surface area contributed by atoms with Gasteiger partial charge in [0.1, 0.15) is 12.4 Å². The molecule has 0 aliphatic rings. The molecule has 0 unspecified atom stereocenters. The fourth-order valence-electron chi connectivity index (χ4n) is 2.49. The number of nitrogens with one attached hydrogen (secondary N) is 2. The monoisotopic (exact) mass is 346 g/mol. The van der Waals surface area contributed by atoms with Crippen molar-refractivity contribution in [1.29, 1.82) is 0 Å². The van der Waals surface area contributed by atoms with Crippen molar-refractivity contribution >= 4 is 17.3 Å². The standard InChI is InChI=1S/C22H22N2O2/c1-17-11-13-19(14-12-17)24-22(25)15-23-20-9-5-6-10-21(20)26-16-18-7-3-2-4-8-18/h2-14,23H,15-16H2,1H3,(H,24,25). The first-order valence-corrected chi connectivity index (χ1v) is 8.57. The zero-order chi connectivity index (χ0) is 18.2. The number of para-hydroxylation sites is 2. The third-order valence-corrected chi connectivity index (χ3v) is 3.90. The van der Waals surface area contributed by atoms with Crippen LogP contribution in [0.25, 0.3) is 0 Å². The molecule has 0 saturated carbocycles. The highest BCUT2D eigenvalue weighted by Crippen LogP contribution is 2.24. The molecule has 0 aliphatic carbocycles. The molecule has 1 amide bonds. The van der Waals surface area contributed by atoms with E-state index in [1.807, 2.05) is 85.8 Å². The van der Waals surface area contributed by atoms with E-state index >= 15 is 0 Å². The molecule has 26 heavy (non-hydrogen) atoms. The van der Waals surface area contributed by atoms with Crippen LogP contribution >= 0.6 is 0 Å². The zero-order valence-electron chi connectivity index (χ0n) is 14.7. The van der Waals surface area contributed by atoms with Crippen LogP contribution in [0.1, 0.15) is 11.1 Å². The highest BCUT2D eigenvalue weighted by Gasteiger charge is 2.06. The van der Waals surface area contributed by atoms with Crippen LogP contribution in [0.5, 0.6) is 5.75 Å². The number of hydrogen-bond donors (Lipinski definition) is 2. The van der Waals surface area contributed by atoms with Gasteiger partial charge in [0.15, 0.2) is 0 Å². The first-order valence-electron chi connectivity index (χ1n) is 8.57. The minimum Gasteiger partial charge on any atom is -0.487 e. The van der Waals surface area contributed by atoms with Crippen molar-refractivity contribution < 1.29 is 9.53 Å². The molecule has 2 N–H and O–H groups in total. The van der Waals surface area contributed by atoms with Crippen LogP contribution in [-0.2, 0) is 11.4 Å². The molecule has 0 saturated heterocycles. The van der Waals surface area contributed by atoms with E-state index in [4.69, 9.17) is 4.74 Å². The smallest absolute Gasteiger partial charge is 0.243 e. The molecule has 0 fully saturated rings. The summed E-state index contributed by atoms with van der Waals surface area (Å²) >= 11 is 0. The van der Waals surface area contributed by atoms with Crippen molar-refractivity contribution in [1.82, 2.24) is 0 Å². The van der Waals surface area contributed by atoms with Crippen LogP contribution in [0.15, 0.2) is 78.9 Å². The van der Waals surface area contributed by atoms with Crippen LogP contribution in [0.2, 0.25) is 0 Å². The van der Waals surface area contributed by atoms with Crippen molar-refractivity contribution in [2.24, 2.45) is 0 Å². The molecule has 3 aromatic rings. The Kier molecular flexibility index (Phi) is 5.88. The fourth-order valence-corrected chi connectivity index (χ4v) is 2.49. The summed E-state index contributed by atoms with van der Waals surface area (Å²) in [5.74, 6) is 0.617. The summed E-state index contributed by atoms with van der Waals surface area (Å²) < 4.78 is 5.89. The third-order valence-electron chi connectivity index (χ3n) is 3.90. The SMILES string of the molecule is Cc1ccc(NC(=O)CNc2ccccc2OCc2ccccc2)cc1. The van der Waals surface area contributed by atoms with Gasteiger partial charge in [-0.15, -0.1) is 0 Å². The van der Waals surface area contributed by atoms with E-state index < -0.39 is 0 Å². The van der Waals surface area contributed by atoms with E-state index in [0.29, 0.717) is 6.61 Å².